The van der Waals surface area contributed by atoms with Crippen LogP contribution in [0.15, 0.2) is 53.7 Å². The van der Waals surface area contributed by atoms with Crippen LogP contribution in [0.3, 0.4) is 0 Å². The van der Waals surface area contributed by atoms with E-state index in [9.17, 15) is 4.79 Å². The van der Waals surface area contributed by atoms with Crippen LogP contribution in [-0.2, 0) is 4.74 Å². The van der Waals surface area contributed by atoms with Crippen LogP contribution in [0.25, 0.3) is 0 Å². The van der Waals surface area contributed by atoms with Gasteiger partial charge in [-0.15, -0.1) is 0 Å². The molecule has 1 fully saturated rings. The van der Waals surface area contributed by atoms with E-state index in [0.717, 1.165) is 35.5 Å². The molecule has 1 N–H and O–H groups in total. The summed E-state index contributed by atoms with van der Waals surface area (Å²) in [5, 5.41) is 4.05. The third kappa shape index (κ3) is 4.92. The summed E-state index contributed by atoms with van der Waals surface area (Å²) in [5.41, 5.74) is 1.63. The molecule has 0 aliphatic heterocycles. The van der Waals surface area contributed by atoms with E-state index in [0.29, 0.717) is 5.25 Å². The molecule has 1 heterocycles. The first kappa shape index (κ1) is 17.2. The van der Waals surface area contributed by atoms with E-state index >= 15 is 0 Å². The number of benzene rings is 1. The molecule has 4 nitrogen and oxygen atoms in total. The minimum absolute atomic E-state index is 0.0571. The average Bonchev–Trinajstić information content (AvgIpc) is 3.03. The van der Waals surface area contributed by atoms with Crippen molar-refractivity contribution >= 4 is 33.4 Å². The molecule has 1 saturated carbocycles. The number of anilines is 1. The number of ether oxygens (including phenoxy) is 1. The predicted octanol–water partition coefficient (Wildman–Crippen LogP) is 5.17. The highest BCUT2D eigenvalue weighted by Gasteiger charge is 2.31. The number of amides is 1. The maximum Gasteiger partial charge on any atom is 0.411 e. The molecule has 2 aromatic rings. The summed E-state index contributed by atoms with van der Waals surface area (Å²) >= 11 is 0. The van der Waals surface area contributed by atoms with Gasteiger partial charge in [-0.05, 0) is 66.8 Å². The predicted molar refractivity (Wildman–Crippen MR) is 100 cm³/mol. The molecule has 1 aromatic carbocycles. The van der Waals surface area contributed by atoms with Crippen LogP contribution in [0.5, 0.6) is 0 Å². The van der Waals surface area contributed by atoms with Crippen molar-refractivity contribution in [1.29, 1.82) is 0 Å². The zero-order chi connectivity index (χ0) is 16.8. The largest absolute Gasteiger partial charge is 0.445 e. The molecule has 1 radical (unpaired) electrons. The molecule has 0 spiro atoms. The van der Waals surface area contributed by atoms with Crippen LogP contribution >= 0.6 is 21.6 Å². The number of nitrogens with zero attached hydrogens (tertiary/aromatic N) is 1. The number of nitrogens with one attached hydrogen (secondary N) is 1. The van der Waals surface area contributed by atoms with Crippen LogP contribution in [-0.4, -0.2) is 22.4 Å². The van der Waals surface area contributed by atoms with Gasteiger partial charge in [0.1, 0.15) is 11.1 Å². The van der Waals surface area contributed by atoms with Gasteiger partial charge < -0.3 is 4.74 Å². The van der Waals surface area contributed by atoms with Crippen LogP contribution in [0.2, 0.25) is 0 Å². The van der Waals surface area contributed by atoms with Crippen LogP contribution in [0.4, 0.5) is 10.5 Å². The van der Waals surface area contributed by atoms with E-state index in [-0.39, 0.29) is 6.10 Å². The number of carbonyl (C=O) groups excluding carboxylic acids is 1. The van der Waals surface area contributed by atoms with E-state index in [1.165, 1.54) is 0 Å². The number of pyridine rings is 1. The van der Waals surface area contributed by atoms with E-state index < -0.39 is 6.09 Å². The summed E-state index contributed by atoms with van der Waals surface area (Å²) in [6.45, 7) is 3.83. The first-order chi connectivity index (χ1) is 11.7. The van der Waals surface area contributed by atoms with Crippen LogP contribution in [0, 0.1) is 6.92 Å². The number of hydrogen-bond acceptors (Lipinski definition) is 5. The van der Waals surface area contributed by atoms with Crippen molar-refractivity contribution in [2.45, 2.75) is 35.6 Å². The SMILES string of the molecule is [CH2]c1ccc(NC(=O)O[C@@H]2CCC[C@H]2SSc2ccccn2)cc1. The molecule has 125 valence electrons. The topological polar surface area (TPSA) is 51.2 Å². The second-order valence-electron chi connectivity index (χ2n) is 5.58. The number of carbonyl (C=O) groups is 1. The molecule has 0 bridgehead atoms. The lowest BCUT2D eigenvalue weighted by atomic mass is 10.2. The van der Waals surface area contributed by atoms with Crippen molar-refractivity contribution in [2.24, 2.45) is 0 Å². The Balaban J connectivity index is 1.49. The second-order valence-corrected chi connectivity index (χ2v) is 8.04. The number of rotatable bonds is 5. The highest BCUT2D eigenvalue weighted by Crippen LogP contribution is 2.41. The number of hydrogen-bond donors (Lipinski definition) is 1. The van der Waals surface area contributed by atoms with E-state index in [2.05, 4.69) is 17.2 Å². The lowest BCUT2D eigenvalue weighted by Crippen LogP contribution is -2.26. The van der Waals surface area contributed by atoms with Gasteiger partial charge in [0.15, 0.2) is 0 Å². The summed E-state index contributed by atoms with van der Waals surface area (Å²) in [7, 11) is 3.38. The Morgan fingerprint density at radius 3 is 2.79 bits per heavy atom. The molecule has 0 saturated heterocycles. The fourth-order valence-electron chi connectivity index (χ4n) is 2.52. The fraction of sp³-hybridized carbons (Fsp3) is 0.278. The lowest BCUT2D eigenvalue weighted by molar-refractivity contribution is 0.117. The Labute approximate surface area is 150 Å². The van der Waals surface area contributed by atoms with Crippen molar-refractivity contribution in [3.05, 3.63) is 61.1 Å². The minimum atomic E-state index is -0.396. The molecule has 1 aliphatic carbocycles. The van der Waals surface area contributed by atoms with Gasteiger partial charge in [0.05, 0.1) is 5.25 Å². The van der Waals surface area contributed by atoms with Gasteiger partial charge in [-0.25, -0.2) is 9.78 Å². The third-order valence-corrected chi connectivity index (χ3v) is 6.58. The molecule has 3 rings (SSSR count). The highest BCUT2D eigenvalue weighted by molar-refractivity contribution is 8.76. The first-order valence-corrected chi connectivity index (χ1v) is 10.1. The monoisotopic (exact) mass is 359 g/mol. The van der Waals surface area contributed by atoms with Crippen LogP contribution in [0.1, 0.15) is 24.8 Å². The zero-order valence-corrected chi connectivity index (χ0v) is 14.8. The smallest absolute Gasteiger partial charge is 0.411 e. The molecule has 6 heteroatoms. The van der Waals surface area contributed by atoms with Crippen molar-refractivity contribution in [3.63, 3.8) is 0 Å². The van der Waals surface area contributed by atoms with Gasteiger partial charge in [0.2, 0.25) is 0 Å². The molecule has 0 unspecified atom stereocenters. The highest BCUT2D eigenvalue weighted by atomic mass is 33.1. The standard InChI is InChI=1S/C18H19N2O2S2/c1-13-8-10-14(11-9-13)20-18(21)22-15-5-4-6-16(15)23-24-17-7-2-3-12-19-17/h2-3,7-12,15-16H,1,4-6H2,(H,20,21)/t15-,16-/m1/s1. The quantitative estimate of drug-likeness (QED) is 0.746. The molecule has 24 heavy (non-hydrogen) atoms. The number of aromatic nitrogens is 1. The van der Waals surface area contributed by atoms with Crippen molar-refractivity contribution in [1.82, 2.24) is 4.98 Å². The second kappa shape index (κ2) is 8.44. The Hall–Kier alpha value is -1.66. The molecule has 2 atom stereocenters. The van der Waals surface area contributed by atoms with Crippen molar-refractivity contribution in [3.8, 4) is 0 Å². The fourth-order valence-corrected chi connectivity index (χ4v) is 5.18. The maximum atomic E-state index is 12.1. The van der Waals surface area contributed by atoms with Gasteiger partial charge in [-0.3, -0.25) is 5.32 Å². The van der Waals surface area contributed by atoms with E-state index in [1.807, 2.05) is 42.5 Å². The lowest BCUT2D eigenvalue weighted by Gasteiger charge is -2.19. The van der Waals surface area contributed by atoms with Crippen molar-refractivity contribution < 1.29 is 9.53 Å². The Morgan fingerprint density at radius 2 is 2.04 bits per heavy atom. The zero-order valence-electron chi connectivity index (χ0n) is 13.2. The Kier molecular flexibility index (Phi) is 6.04. The van der Waals surface area contributed by atoms with Gasteiger partial charge in [0.25, 0.3) is 0 Å². The summed E-state index contributed by atoms with van der Waals surface area (Å²) in [4.78, 5) is 16.4. The third-order valence-electron chi connectivity index (χ3n) is 3.75. The average molecular weight is 359 g/mol. The molecular weight excluding hydrogens is 340 g/mol. The molecule has 1 aromatic heterocycles. The Morgan fingerprint density at radius 1 is 1.21 bits per heavy atom. The summed E-state index contributed by atoms with van der Waals surface area (Å²) in [5.74, 6) is 0. The first-order valence-electron chi connectivity index (χ1n) is 7.85. The molecular formula is C18H19N2O2S2. The molecule has 1 amide bonds. The Bertz CT molecular complexity index is 664. The van der Waals surface area contributed by atoms with Gasteiger partial charge in [0, 0.05) is 11.9 Å². The normalized spacial score (nSPS) is 19.9. The van der Waals surface area contributed by atoms with E-state index in [1.54, 1.807) is 27.8 Å². The molecule has 1 aliphatic rings. The van der Waals surface area contributed by atoms with Crippen molar-refractivity contribution in [2.75, 3.05) is 5.32 Å². The van der Waals surface area contributed by atoms with Gasteiger partial charge in [-0.2, -0.15) is 0 Å². The maximum absolute atomic E-state index is 12.1. The van der Waals surface area contributed by atoms with E-state index in [4.69, 9.17) is 4.74 Å². The summed E-state index contributed by atoms with van der Waals surface area (Å²) < 4.78 is 5.63. The summed E-state index contributed by atoms with van der Waals surface area (Å²) in [6.07, 6.45) is 4.38. The van der Waals surface area contributed by atoms with Gasteiger partial charge in [-0.1, -0.05) is 29.0 Å². The minimum Gasteiger partial charge on any atom is -0.445 e. The van der Waals surface area contributed by atoms with Gasteiger partial charge >= 0.3 is 6.09 Å². The summed E-state index contributed by atoms with van der Waals surface area (Å²) in [6, 6.07) is 13.2. The van der Waals surface area contributed by atoms with Crippen LogP contribution < -0.4 is 5.32 Å².